The summed E-state index contributed by atoms with van der Waals surface area (Å²) in [5.41, 5.74) is 1.05. The number of aliphatic hydroxyl groups excluding tert-OH is 1. The molecule has 24 heavy (non-hydrogen) atoms. The van der Waals surface area contributed by atoms with E-state index in [2.05, 4.69) is 10.5 Å². The van der Waals surface area contributed by atoms with Crippen molar-refractivity contribution >= 4 is 23.3 Å². The number of β-amino-alcohol motifs (C(OH)–C–C–N with tert-alkyl or cyclic N) is 1. The van der Waals surface area contributed by atoms with E-state index in [1.165, 1.54) is 0 Å². The highest BCUT2D eigenvalue weighted by Crippen LogP contribution is 2.32. The topological polar surface area (TPSA) is 87.8 Å². The van der Waals surface area contributed by atoms with Crippen LogP contribution in [0.4, 0.5) is 5.82 Å². The molecule has 0 spiro atoms. The number of nitrogens with zero attached hydrogens (tertiary/aromatic N) is 2. The van der Waals surface area contributed by atoms with E-state index in [1.54, 1.807) is 36.3 Å². The highest BCUT2D eigenvalue weighted by molar-refractivity contribution is 6.30. The maximum absolute atomic E-state index is 12.8. The number of likely N-dealkylation sites (tertiary alicyclic amines) is 1. The van der Waals surface area contributed by atoms with E-state index >= 15 is 0 Å². The van der Waals surface area contributed by atoms with Gasteiger partial charge in [0.05, 0.1) is 12.7 Å². The summed E-state index contributed by atoms with van der Waals surface area (Å²) in [6.45, 7) is 1.58. The Morgan fingerprint density at radius 3 is 2.79 bits per heavy atom. The van der Waals surface area contributed by atoms with Crippen molar-refractivity contribution in [1.29, 1.82) is 0 Å². The number of halogens is 1. The Morgan fingerprint density at radius 2 is 2.17 bits per heavy atom. The number of carbonyl (C=O) groups excluding carboxylic acids is 1. The Kier molecular flexibility index (Phi) is 5.03. The van der Waals surface area contributed by atoms with Crippen LogP contribution in [-0.2, 0) is 4.74 Å². The van der Waals surface area contributed by atoms with Crippen molar-refractivity contribution in [2.75, 3.05) is 38.7 Å². The van der Waals surface area contributed by atoms with Gasteiger partial charge in [-0.25, -0.2) is 0 Å². The molecule has 8 heteroatoms. The van der Waals surface area contributed by atoms with Crippen molar-refractivity contribution in [2.45, 2.75) is 6.10 Å². The molecule has 2 aromatic rings. The van der Waals surface area contributed by atoms with Gasteiger partial charge in [-0.05, 0) is 24.3 Å². The van der Waals surface area contributed by atoms with Crippen molar-refractivity contribution in [2.24, 2.45) is 0 Å². The van der Waals surface area contributed by atoms with E-state index in [0.717, 1.165) is 0 Å². The molecule has 0 radical (unpaired) electrons. The number of methoxy groups -OCH3 is 1. The van der Waals surface area contributed by atoms with Crippen LogP contribution in [-0.4, -0.2) is 60.5 Å². The molecule has 2 heterocycles. The molecule has 128 valence electrons. The summed E-state index contributed by atoms with van der Waals surface area (Å²) in [5.74, 6) is 0.507. The third kappa shape index (κ3) is 3.38. The van der Waals surface area contributed by atoms with Crippen molar-refractivity contribution in [1.82, 2.24) is 10.1 Å². The number of aromatic nitrogens is 1. The lowest BCUT2D eigenvalue weighted by Gasteiger charge is -2.35. The fraction of sp³-hybridized carbons (Fsp3) is 0.375. The van der Waals surface area contributed by atoms with Gasteiger partial charge in [-0.3, -0.25) is 4.79 Å². The van der Waals surface area contributed by atoms with E-state index < -0.39 is 6.10 Å². The SMILES string of the molecule is COCCNc1noc(-c2ccc(Cl)cc2)c1C(=O)N1CC(O)C1. The quantitative estimate of drug-likeness (QED) is 0.772. The third-order valence-corrected chi connectivity index (χ3v) is 4.01. The molecular formula is C16H18ClN3O4. The summed E-state index contributed by atoms with van der Waals surface area (Å²) in [6, 6.07) is 6.98. The molecule has 7 nitrogen and oxygen atoms in total. The van der Waals surface area contributed by atoms with Gasteiger partial charge in [-0.1, -0.05) is 16.8 Å². The molecule has 1 amide bonds. The number of benzene rings is 1. The number of anilines is 1. The van der Waals surface area contributed by atoms with E-state index in [0.29, 0.717) is 54.0 Å². The van der Waals surface area contributed by atoms with Crippen LogP contribution in [0.15, 0.2) is 28.8 Å². The van der Waals surface area contributed by atoms with Gasteiger partial charge in [0.25, 0.3) is 5.91 Å². The van der Waals surface area contributed by atoms with Crippen LogP contribution in [0.2, 0.25) is 5.02 Å². The fourth-order valence-electron chi connectivity index (χ4n) is 2.46. The number of hydrogen-bond donors (Lipinski definition) is 2. The van der Waals surface area contributed by atoms with Crippen molar-refractivity contribution in [3.8, 4) is 11.3 Å². The standard InChI is InChI=1S/C16H18ClN3O4/c1-23-7-6-18-15-13(16(22)20-8-12(21)9-20)14(24-19-15)10-2-4-11(17)5-3-10/h2-5,12,21H,6-9H2,1H3,(H,18,19). The van der Waals surface area contributed by atoms with Crippen LogP contribution in [0.25, 0.3) is 11.3 Å². The lowest BCUT2D eigenvalue weighted by Crippen LogP contribution is -2.53. The number of amides is 1. The molecule has 0 aliphatic carbocycles. The summed E-state index contributed by atoms with van der Waals surface area (Å²) in [7, 11) is 1.59. The first-order valence-electron chi connectivity index (χ1n) is 7.56. The van der Waals surface area contributed by atoms with Crippen molar-refractivity contribution in [3.05, 3.63) is 34.9 Å². The Bertz CT molecular complexity index is 711. The molecule has 3 rings (SSSR count). The number of rotatable bonds is 6. The van der Waals surface area contributed by atoms with Crippen molar-refractivity contribution in [3.63, 3.8) is 0 Å². The molecule has 1 aromatic heterocycles. The minimum absolute atomic E-state index is 0.230. The van der Waals surface area contributed by atoms with Gasteiger partial charge in [0, 0.05) is 37.3 Å². The maximum atomic E-state index is 12.8. The van der Waals surface area contributed by atoms with Gasteiger partial charge >= 0.3 is 0 Å². The molecule has 0 atom stereocenters. The molecule has 1 saturated heterocycles. The van der Waals surface area contributed by atoms with Gasteiger partial charge in [0.15, 0.2) is 11.6 Å². The largest absolute Gasteiger partial charge is 0.389 e. The van der Waals surface area contributed by atoms with Crippen LogP contribution < -0.4 is 5.32 Å². The minimum Gasteiger partial charge on any atom is -0.389 e. The normalized spacial score (nSPS) is 14.5. The summed E-state index contributed by atoms with van der Waals surface area (Å²) in [5, 5.41) is 17.1. The smallest absolute Gasteiger partial charge is 0.261 e. The lowest BCUT2D eigenvalue weighted by atomic mass is 10.0. The zero-order valence-corrected chi connectivity index (χ0v) is 13.9. The van der Waals surface area contributed by atoms with E-state index in [4.69, 9.17) is 20.9 Å². The molecule has 0 unspecified atom stereocenters. The van der Waals surface area contributed by atoms with E-state index in [9.17, 15) is 9.90 Å². The van der Waals surface area contributed by atoms with Gasteiger partial charge in [0.1, 0.15) is 5.56 Å². The summed E-state index contributed by atoms with van der Waals surface area (Å²) < 4.78 is 10.4. The average molecular weight is 352 g/mol. The second-order valence-corrected chi connectivity index (χ2v) is 5.96. The molecule has 1 aromatic carbocycles. The first kappa shape index (κ1) is 16.8. The minimum atomic E-state index is -0.474. The Hall–Kier alpha value is -2.09. The average Bonchev–Trinajstić information content (AvgIpc) is 2.96. The zero-order chi connectivity index (χ0) is 17.1. The van der Waals surface area contributed by atoms with E-state index in [1.807, 2.05) is 0 Å². The summed E-state index contributed by atoms with van der Waals surface area (Å²) >= 11 is 5.91. The molecule has 1 aliphatic heterocycles. The predicted octanol–water partition coefficient (Wildman–Crippen LogP) is 1.87. The van der Waals surface area contributed by atoms with Crippen molar-refractivity contribution < 1.29 is 19.2 Å². The number of ether oxygens (including phenoxy) is 1. The van der Waals surface area contributed by atoms with Crippen LogP contribution >= 0.6 is 11.6 Å². The molecule has 0 bridgehead atoms. The van der Waals surface area contributed by atoms with E-state index in [-0.39, 0.29) is 5.91 Å². The monoisotopic (exact) mass is 351 g/mol. The molecule has 1 aliphatic rings. The summed E-state index contributed by atoms with van der Waals surface area (Å²) in [6.07, 6.45) is -0.474. The van der Waals surface area contributed by atoms with Crippen LogP contribution in [0.3, 0.4) is 0 Å². The van der Waals surface area contributed by atoms with Gasteiger partial charge in [-0.15, -0.1) is 0 Å². The number of carbonyl (C=O) groups is 1. The molecule has 1 fully saturated rings. The molecular weight excluding hydrogens is 334 g/mol. The van der Waals surface area contributed by atoms with Gasteiger partial charge < -0.3 is 24.6 Å². The Labute approximate surface area is 144 Å². The van der Waals surface area contributed by atoms with Crippen LogP contribution in [0.1, 0.15) is 10.4 Å². The predicted molar refractivity (Wildman–Crippen MR) is 89.2 cm³/mol. The summed E-state index contributed by atoms with van der Waals surface area (Å²) in [4.78, 5) is 14.3. The first-order valence-corrected chi connectivity index (χ1v) is 7.93. The number of aliphatic hydroxyl groups is 1. The molecule has 2 N–H and O–H groups in total. The van der Waals surface area contributed by atoms with Crippen LogP contribution in [0.5, 0.6) is 0 Å². The Balaban J connectivity index is 1.92. The third-order valence-electron chi connectivity index (χ3n) is 3.76. The van der Waals surface area contributed by atoms with Gasteiger partial charge in [0.2, 0.25) is 0 Å². The lowest BCUT2D eigenvalue weighted by molar-refractivity contribution is 0.00596. The highest BCUT2D eigenvalue weighted by atomic mass is 35.5. The van der Waals surface area contributed by atoms with Gasteiger partial charge in [-0.2, -0.15) is 0 Å². The molecule has 0 saturated carbocycles. The maximum Gasteiger partial charge on any atom is 0.261 e. The fourth-order valence-corrected chi connectivity index (χ4v) is 2.58. The second kappa shape index (κ2) is 7.21. The zero-order valence-electron chi connectivity index (χ0n) is 13.2. The number of nitrogens with one attached hydrogen (secondary N) is 1. The first-order chi connectivity index (χ1) is 11.6. The van der Waals surface area contributed by atoms with Crippen LogP contribution in [0, 0.1) is 0 Å². The Morgan fingerprint density at radius 1 is 1.46 bits per heavy atom. The highest BCUT2D eigenvalue weighted by Gasteiger charge is 2.34. The second-order valence-electron chi connectivity index (χ2n) is 5.53. The number of hydrogen-bond acceptors (Lipinski definition) is 6.